The number of nitrogens with zero attached hydrogens (tertiary/aromatic N) is 4. The molecule has 1 amide bonds. The summed E-state index contributed by atoms with van der Waals surface area (Å²) in [6.07, 6.45) is -1.30. The van der Waals surface area contributed by atoms with Gasteiger partial charge >= 0.3 is 6.18 Å². The van der Waals surface area contributed by atoms with Crippen molar-refractivity contribution in [3.63, 3.8) is 0 Å². The molecule has 0 fully saturated rings. The highest BCUT2D eigenvalue weighted by Crippen LogP contribution is 2.25. The molecular formula is C22H18F4N6O2. The minimum Gasteiger partial charge on any atom is -0.484 e. The van der Waals surface area contributed by atoms with Gasteiger partial charge in [0, 0.05) is 30.1 Å². The number of carbonyl (C=O) groups is 1. The second-order valence-electron chi connectivity index (χ2n) is 7.38. The van der Waals surface area contributed by atoms with Crippen LogP contribution >= 0.6 is 0 Å². The van der Waals surface area contributed by atoms with E-state index in [2.05, 4.69) is 20.4 Å². The minimum absolute atomic E-state index is 0.0641. The number of nitrogens with one attached hydrogen (secondary N) is 1. The summed E-state index contributed by atoms with van der Waals surface area (Å²) in [7, 11) is 0. The summed E-state index contributed by atoms with van der Waals surface area (Å²) < 4.78 is 57.4. The third-order valence-electron chi connectivity index (χ3n) is 4.87. The molecule has 3 aromatic heterocycles. The molecule has 0 spiro atoms. The molecule has 0 aliphatic heterocycles. The molecule has 0 aliphatic rings. The van der Waals surface area contributed by atoms with Crippen LogP contribution in [0.5, 0.6) is 5.75 Å². The van der Waals surface area contributed by atoms with Gasteiger partial charge in [0.1, 0.15) is 11.6 Å². The van der Waals surface area contributed by atoms with E-state index in [0.717, 1.165) is 23.8 Å². The van der Waals surface area contributed by atoms with E-state index in [1.54, 1.807) is 37.5 Å². The Balaban J connectivity index is 1.54. The van der Waals surface area contributed by atoms with Crippen molar-refractivity contribution < 1.29 is 27.1 Å². The van der Waals surface area contributed by atoms with Gasteiger partial charge in [-0.05, 0) is 48.9 Å². The summed E-state index contributed by atoms with van der Waals surface area (Å²) in [5.74, 6) is -1.27. The van der Waals surface area contributed by atoms with Gasteiger partial charge in [-0.3, -0.25) is 9.78 Å². The van der Waals surface area contributed by atoms with Gasteiger partial charge in [-0.2, -0.15) is 18.2 Å². The Morgan fingerprint density at radius 2 is 1.97 bits per heavy atom. The van der Waals surface area contributed by atoms with Crippen LogP contribution in [0.3, 0.4) is 0 Å². The lowest BCUT2D eigenvalue weighted by Gasteiger charge is -2.14. The van der Waals surface area contributed by atoms with Crippen LogP contribution in [-0.2, 0) is 6.54 Å². The van der Waals surface area contributed by atoms with Crippen LogP contribution in [0.15, 0.2) is 48.8 Å². The fourth-order valence-electron chi connectivity index (χ4n) is 3.26. The smallest absolute Gasteiger partial charge is 0.422 e. The number of aryl methyl sites for hydroxylation is 1. The summed E-state index contributed by atoms with van der Waals surface area (Å²) in [6.45, 7) is -0.147. The molecule has 0 atom stereocenters. The fraction of sp³-hybridized carbons (Fsp3) is 0.182. The van der Waals surface area contributed by atoms with E-state index in [1.165, 1.54) is 4.52 Å². The highest BCUT2D eigenvalue weighted by Gasteiger charge is 2.29. The molecule has 8 nitrogen and oxygen atoms in total. The molecule has 1 aromatic carbocycles. The Hall–Kier alpha value is -4.22. The van der Waals surface area contributed by atoms with E-state index in [4.69, 9.17) is 10.5 Å². The number of halogens is 4. The highest BCUT2D eigenvalue weighted by atomic mass is 19.4. The number of fused-ring (bicyclic) bond motifs is 1. The number of carbonyl (C=O) groups excluding carboxylic acids is 1. The average Bonchev–Trinajstić information content (AvgIpc) is 3.15. The van der Waals surface area contributed by atoms with E-state index in [-0.39, 0.29) is 29.4 Å². The van der Waals surface area contributed by atoms with E-state index in [0.29, 0.717) is 16.9 Å². The zero-order valence-corrected chi connectivity index (χ0v) is 17.7. The van der Waals surface area contributed by atoms with E-state index >= 15 is 0 Å². The maximum Gasteiger partial charge on any atom is 0.422 e. The third kappa shape index (κ3) is 5.22. The number of ether oxygens (including phenoxy) is 1. The number of nitrogens with two attached hydrogens (primary N) is 1. The van der Waals surface area contributed by atoms with Crippen LogP contribution in [-0.4, -0.2) is 38.3 Å². The van der Waals surface area contributed by atoms with Crippen molar-refractivity contribution in [3.05, 3.63) is 71.4 Å². The van der Waals surface area contributed by atoms with Crippen molar-refractivity contribution >= 4 is 17.5 Å². The first-order chi connectivity index (χ1) is 16.1. The van der Waals surface area contributed by atoms with Crippen LogP contribution in [0.4, 0.5) is 23.5 Å². The lowest BCUT2D eigenvalue weighted by atomic mass is 10.0. The van der Waals surface area contributed by atoms with Gasteiger partial charge < -0.3 is 15.8 Å². The normalized spacial score (nSPS) is 11.6. The predicted octanol–water partition coefficient (Wildman–Crippen LogP) is 3.69. The van der Waals surface area contributed by atoms with Gasteiger partial charge in [0.05, 0.1) is 11.3 Å². The monoisotopic (exact) mass is 474 g/mol. The van der Waals surface area contributed by atoms with Gasteiger partial charge in [-0.25, -0.2) is 8.91 Å². The topological polar surface area (TPSA) is 107 Å². The van der Waals surface area contributed by atoms with Gasteiger partial charge in [-0.15, -0.1) is 5.10 Å². The van der Waals surface area contributed by atoms with Gasteiger partial charge in [0.25, 0.3) is 5.91 Å². The first-order valence-corrected chi connectivity index (χ1v) is 9.94. The maximum absolute atomic E-state index is 13.7. The van der Waals surface area contributed by atoms with Crippen molar-refractivity contribution in [1.29, 1.82) is 0 Å². The summed E-state index contributed by atoms with van der Waals surface area (Å²) in [4.78, 5) is 21.2. The number of hydrogen-bond donors (Lipinski definition) is 2. The van der Waals surface area contributed by atoms with E-state index in [1.807, 2.05) is 0 Å². The summed E-state index contributed by atoms with van der Waals surface area (Å²) in [5, 5.41) is 6.59. The Morgan fingerprint density at radius 1 is 1.18 bits per heavy atom. The Kier molecular flexibility index (Phi) is 6.05. The van der Waals surface area contributed by atoms with Crippen LogP contribution in [0.1, 0.15) is 21.6 Å². The van der Waals surface area contributed by atoms with Gasteiger partial charge in [0.2, 0.25) is 5.95 Å². The largest absolute Gasteiger partial charge is 0.484 e. The van der Waals surface area contributed by atoms with Crippen molar-refractivity contribution in [1.82, 2.24) is 24.9 Å². The standard InChI is InChI=1S/C22H18F4N6O2/c1-12-17(7-14(9-28-12)13-4-5-32-19(8-13)30-21(27)31-32)20(33)29-10-15-6-16(23)2-3-18(15)34-11-22(24,25)26/h2-9H,10-11H2,1H3,(H2,27,31)(H,29,33). The number of nitrogen functional groups attached to an aromatic ring is 1. The Morgan fingerprint density at radius 3 is 2.74 bits per heavy atom. The average molecular weight is 474 g/mol. The SMILES string of the molecule is Cc1ncc(-c2ccn3nc(N)nc3c2)cc1C(=O)NCc1cc(F)ccc1OCC(F)(F)F. The van der Waals surface area contributed by atoms with Crippen LogP contribution in [0.2, 0.25) is 0 Å². The Bertz CT molecular complexity index is 1370. The molecule has 0 aliphatic carbocycles. The molecule has 3 heterocycles. The molecule has 4 rings (SSSR count). The van der Waals surface area contributed by atoms with Crippen LogP contribution in [0, 0.1) is 12.7 Å². The molecule has 0 bridgehead atoms. The zero-order chi connectivity index (χ0) is 24.5. The first-order valence-electron chi connectivity index (χ1n) is 9.94. The van der Waals surface area contributed by atoms with E-state index in [9.17, 15) is 22.4 Å². The molecule has 0 saturated heterocycles. The second kappa shape index (κ2) is 8.96. The lowest BCUT2D eigenvalue weighted by Crippen LogP contribution is -2.25. The molecule has 12 heteroatoms. The Labute approximate surface area is 190 Å². The lowest BCUT2D eigenvalue weighted by molar-refractivity contribution is -0.153. The molecule has 0 radical (unpaired) electrons. The van der Waals surface area contributed by atoms with Crippen molar-refractivity contribution in [2.45, 2.75) is 19.6 Å². The molecule has 4 aromatic rings. The number of benzene rings is 1. The molecule has 3 N–H and O–H groups in total. The molecule has 0 unspecified atom stereocenters. The first kappa shape index (κ1) is 23.0. The number of rotatable bonds is 6. The second-order valence-corrected chi connectivity index (χ2v) is 7.38. The molecule has 176 valence electrons. The fourth-order valence-corrected chi connectivity index (χ4v) is 3.26. The summed E-state index contributed by atoms with van der Waals surface area (Å²) >= 11 is 0. The van der Waals surface area contributed by atoms with Gasteiger partial charge in [-0.1, -0.05) is 0 Å². The van der Waals surface area contributed by atoms with E-state index < -0.39 is 24.5 Å². The van der Waals surface area contributed by atoms with Crippen LogP contribution < -0.4 is 15.8 Å². The maximum atomic E-state index is 13.7. The zero-order valence-electron chi connectivity index (χ0n) is 17.7. The molecule has 34 heavy (non-hydrogen) atoms. The van der Waals surface area contributed by atoms with Gasteiger partial charge in [0.15, 0.2) is 12.3 Å². The predicted molar refractivity (Wildman–Crippen MR) is 114 cm³/mol. The van der Waals surface area contributed by atoms with Crippen molar-refractivity contribution in [3.8, 4) is 16.9 Å². The molecular weight excluding hydrogens is 456 g/mol. The molecule has 0 saturated carbocycles. The number of hydrogen-bond acceptors (Lipinski definition) is 6. The van der Waals surface area contributed by atoms with Crippen molar-refractivity contribution in [2.24, 2.45) is 0 Å². The minimum atomic E-state index is -4.56. The number of amides is 1. The number of alkyl halides is 3. The number of aromatic nitrogens is 4. The number of anilines is 1. The summed E-state index contributed by atoms with van der Waals surface area (Å²) in [6, 6.07) is 8.18. The van der Waals surface area contributed by atoms with Crippen molar-refractivity contribution in [2.75, 3.05) is 12.3 Å². The quantitative estimate of drug-likeness (QED) is 0.413. The summed E-state index contributed by atoms with van der Waals surface area (Å²) in [5.41, 5.74) is 8.20. The third-order valence-corrected chi connectivity index (χ3v) is 4.87. The number of pyridine rings is 2. The highest BCUT2D eigenvalue weighted by molar-refractivity contribution is 5.96. The van der Waals surface area contributed by atoms with Crippen LogP contribution in [0.25, 0.3) is 16.8 Å².